The van der Waals surface area contributed by atoms with Crippen LogP contribution >= 0.6 is 0 Å². The molecule has 0 radical (unpaired) electrons. The van der Waals surface area contributed by atoms with E-state index in [-0.39, 0.29) is 12.0 Å². The van der Waals surface area contributed by atoms with Crippen LogP contribution in [0.25, 0.3) is 0 Å². The lowest BCUT2D eigenvalue weighted by Gasteiger charge is -2.23. The number of urea groups is 1. The van der Waals surface area contributed by atoms with Gasteiger partial charge < -0.3 is 29.4 Å². The van der Waals surface area contributed by atoms with Crippen LogP contribution in [0, 0.1) is 13.8 Å². The van der Waals surface area contributed by atoms with Gasteiger partial charge in [-0.05, 0) is 50.5 Å². The predicted molar refractivity (Wildman–Crippen MR) is 118 cm³/mol. The zero-order valence-electron chi connectivity index (χ0n) is 19.0. The van der Waals surface area contributed by atoms with E-state index in [2.05, 4.69) is 10.3 Å². The quantitative estimate of drug-likeness (QED) is 0.419. The smallest absolute Gasteiger partial charge is 0.340 e. The molecule has 1 heterocycles. The van der Waals surface area contributed by atoms with Crippen LogP contribution in [-0.4, -0.2) is 55.9 Å². The summed E-state index contributed by atoms with van der Waals surface area (Å²) >= 11 is 0. The summed E-state index contributed by atoms with van der Waals surface area (Å²) in [5, 5.41) is 2.94. The minimum Gasteiger partial charge on any atom is -0.497 e. The number of esters is 1. The molecule has 8 heteroatoms. The maximum Gasteiger partial charge on any atom is 0.340 e. The fraction of sp³-hybridized carbons (Fsp3) is 0.478. The first-order valence-electron chi connectivity index (χ1n) is 10.4. The highest BCUT2D eigenvalue weighted by molar-refractivity contribution is 5.92. The van der Waals surface area contributed by atoms with E-state index < -0.39 is 0 Å². The van der Waals surface area contributed by atoms with Gasteiger partial charge in [-0.15, -0.1) is 0 Å². The molecule has 0 atom stereocenters. The number of hydrogen-bond donors (Lipinski definition) is 2. The van der Waals surface area contributed by atoms with Crippen molar-refractivity contribution in [3.8, 4) is 5.75 Å². The summed E-state index contributed by atoms with van der Waals surface area (Å²) in [7, 11) is 3.25. The molecule has 0 spiro atoms. The monoisotopic (exact) mass is 431 g/mol. The van der Waals surface area contributed by atoms with E-state index in [1.165, 1.54) is 0 Å². The van der Waals surface area contributed by atoms with Gasteiger partial charge in [0.05, 0.1) is 25.8 Å². The summed E-state index contributed by atoms with van der Waals surface area (Å²) in [4.78, 5) is 30.2. The van der Waals surface area contributed by atoms with Crippen molar-refractivity contribution in [1.82, 2.24) is 15.2 Å². The maximum absolute atomic E-state index is 12.9. The van der Waals surface area contributed by atoms with Crippen molar-refractivity contribution in [2.75, 3.05) is 34.0 Å². The number of ether oxygens (including phenoxy) is 3. The van der Waals surface area contributed by atoms with Gasteiger partial charge in [0, 0.05) is 38.2 Å². The second-order valence-corrected chi connectivity index (χ2v) is 7.23. The lowest BCUT2D eigenvalue weighted by Crippen LogP contribution is -2.40. The van der Waals surface area contributed by atoms with E-state index in [1.54, 1.807) is 26.0 Å². The molecule has 0 aliphatic carbocycles. The summed E-state index contributed by atoms with van der Waals surface area (Å²) in [5.74, 6) is 0.403. The van der Waals surface area contributed by atoms with Crippen LogP contribution in [-0.2, 0) is 22.6 Å². The number of amides is 2. The molecule has 2 aromatic rings. The molecule has 2 N–H and O–H groups in total. The van der Waals surface area contributed by atoms with Gasteiger partial charge in [-0.25, -0.2) is 9.59 Å². The SMILES string of the molecule is CCOC(=O)c1c(C)[nH]c(CN(Cc2ccc(OC)cc2)C(=O)NCCCOC)c1C. The number of hydrogen-bond acceptors (Lipinski definition) is 5. The second kappa shape index (κ2) is 12.0. The highest BCUT2D eigenvalue weighted by Gasteiger charge is 2.22. The van der Waals surface area contributed by atoms with Gasteiger partial charge in [0.15, 0.2) is 0 Å². The van der Waals surface area contributed by atoms with E-state index in [9.17, 15) is 9.59 Å². The molecule has 0 aliphatic rings. The van der Waals surface area contributed by atoms with Crippen LogP contribution < -0.4 is 10.1 Å². The van der Waals surface area contributed by atoms with Crippen molar-refractivity contribution < 1.29 is 23.8 Å². The Kier molecular flexibility index (Phi) is 9.40. The van der Waals surface area contributed by atoms with Gasteiger partial charge in [-0.3, -0.25) is 0 Å². The Hall–Kier alpha value is -3.00. The van der Waals surface area contributed by atoms with Crippen molar-refractivity contribution in [1.29, 1.82) is 0 Å². The second-order valence-electron chi connectivity index (χ2n) is 7.23. The van der Waals surface area contributed by atoms with Crippen molar-refractivity contribution in [3.63, 3.8) is 0 Å². The summed E-state index contributed by atoms with van der Waals surface area (Å²) in [6.07, 6.45) is 0.728. The van der Waals surface area contributed by atoms with Crippen molar-refractivity contribution in [2.24, 2.45) is 0 Å². The average molecular weight is 432 g/mol. The molecular formula is C23H33N3O5. The third kappa shape index (κ3) is 6.75. The van der Waals surface area contributed by atoms with Crippen LogP contribution in [0.4, 0.5) is 4.79 Å². The van der Waals surface area contributed by atoms with E-state index in [0.717, 1.165) is 34.7 Å². The summed E-state index contributed by atoms with van der Waals surface area (Å²) in [6.45, 7) is 7.63. The molecule has 0 saturated carbocycles. The molecule has 0 unspecified atom stereocenters. The molecule has 170 valence electrons. The van der Waals surface area contributed by atoms with Gasteiger partial charge in [0.25, 0.3) is 0 Å². The number of nitrogens with one attached hydrogen (secondary N) is 2. The molecular weight excluding hydrogens is 398 g/mol. The zero-order valence-corrected chi connectivity index (χ0v) is 19.0. The number of nitrogens with zero attached hydrogens (tertiary/aromatic N) is 1. The van der Waals surface area contributed by atoms with Crippen LogP contribution in [0.5, 0.6) is 5.75 Å². The highest BCUT2D eigenvalue weighted by Crippen LogP contribution is 2.22. The fourth-order valence-electron chi connectivity index (χ4n) is 3.35. The average Bonchev–Trinajstić information content (AvgIpc) is 3.04. The number of aryl methyl sites for hydroxylation is 1. The standard InChI is InChI=1S/C23H33N3O5/c1-6-31-22(27)21-16(2)20(25-17(21)3)15-26(23(28)24-12-7-13-29-4)14-18-8-10-19(30-5)11-9-18/h8-11,25H,6-7,12-15H2,1-5H3,(H,24,28). The first-order valence-corrected chi connectivity index (χ1v) is 10.4. The summed E-state index contributed by atoms with van der Waals surface area (Å²) in [5.41, 5.74) is 3.83. The lowest BCUT2D eigenvalue weighted by molar-refractivity contribution is 0.0525. The number of H-pyrrole nitrogens is 1. The van der Waals surface area contributed by atoms with E-state index in [1.807, 2.05) is 38.1 Å². The number of aromatic nitrogens is 1. The molecule has 0 aliphatic heterocycles. The number of rotatable bonds is 11. The van der Waals surface area contributed by atoms with E-state index in [0.29, 0.717) is 38.4 Å². The van der Waals surface area contributed by atoms with Crippen molar-refractivity contribution in [2.45, 2.75) is 40.3 Å². The van der Waals surface area contributed by atoms with Gasteiger partial charge in [-0.1, -0.05) is 12.1 Å². The number of methoxy groups -OCH3 is 2. The topological polar surface area (TPSA) is 92.9 Å². The van der Waals surface area contributed by atoms with Gasteiger partial charge >= 0.3 is 12.0 Å². The lowest BCUT2D eigenvalue weighted by atomic mass is 10.1. The van der Waals surface area contributed by atoms with Crippen molar-refractivity contribution in [3.05, 3.63) is 52.3 Å². The number of benzene rings is 1. The van der Waals surface area contributed by atoms with Gasteiger partial charge in [0.1, 0.15) is 5.75 Å². The molecule has 1 aromatic heterocycles. The van der Waals surface area contributed by atoms with Crippen LogP contribution in [0.15, 0.2) is 24.3 Å². The Balaban J connectivity index is 2.22. The highest BCUT2D eigenvalue weighted by atomic mass is 16.5. The zero-order chi connectivity index (χ0) is 22.8. The normalized spacial score (nSPS) is 10.6. The molecule has 8 nitrogen and oxygen atoms in total. The van der Waals surface area contributed by atoms with Crippen LogP contribution in [0.1, 0.15) is 46.2 Å². The summed E-state index contributed by atoms with van der Waals surface area (Å²) in [6, 6.07) is 7.41. The van der Waals surface area contributed by atoms with Crippen LogP contribution in [0.3, 0.4) is 0 Å². The number of aromatic amines is 1. The predicted octanol–water partition coefficient (Wildman–Crippen LogP) is 3.57. The Morgan fingerprint density at radius 3 is 2.42 bits per heavy atom. The Morgan fingerprint density at radius 1 is 1.10 bits per heavy atom. The molecule has 0 saturated heterocycles. The Morgan fingerprint density at radius 2 is 1.81 bits per heavy atom. The minimum absolute atomic E-state index is 0.184. The van der Waals surface area contributed by atoms with Gasteiger partial charge in [-0.2, -0.15) is 0 Å². The Labute approximate surface area is 183 Å². The van der Waals surface area contributed by atoms with E-state index in [4.69, 9.17) is 14.2 Å². The van der Waals surface area contributed by atoms with Crippen molar-refractivity contribution >= 4 is 12.0 Å². The molecule has 0 bridgehead atoms. The Bertz CT molecular complexity index is 861. The molecule has 2 rings (SSSR count). The van der Waals surface area contributed by atoms with E-state index >= 15 is 0 Å². The number of carbonyl (C=O) groups excluding carboxylic acids is 2. The first-order chi connectivity index (χ1) is 14.9. The first kappa shape index (κ1) is 24.3. The largest absolute Gasteiger partial charge is 0.497 e. The molecule has 0 fully saturated rings. The molecule has 1 aromatic carbocycles. The maximum atomic E-state index is 12.9. The molecule has 2 amide bonds. The van der Waals surface area contributed by atoms with Gasteiger partial charge in [0.2, 0.25) is 0 Å². The summed E-state index contributed by atoms with van der Waals surface area (Å²) < 4.78 is 15.4. The number of carbonyl (C=O) groups is 2. The third-order valence-electron chi connectivity index (χ3n) is 4.99. The third-order valence-corrected chi connectivity index (χ3v) is 4.99. The molecule has 31 heavy (non-hydrogen) atoms. The van der Waals surface area contributed by atoms with Crippen LogP contribution in [0.2, 0.25) is 0 Å². The minimum atomic E-state index is -0.356. The fourth-order valence-corrected chi connectivity index (χ4v) is 3.35.